The highest BCUT2D eigenvalue weighted by Gasteiger charge is 2.09. The Balaban J connectivity index is 2.62. The largest absolute Gasteiger partial charge is 0.480 e. The van der Waals surface area contributed by atoms with Crippen LogP contribution < -0.4 is 10.6 Å². The molecule has 0 aromatic heterocycles. The molecule has 1 aromatic carbocycles. The molecule has 1 aromatic rings. The second-order valence-corrected chi connectivity index (χ2v) is 3.40. The highest BCUT2D eigenvalue weighted by molar-refractivity contribution is 5.84. The number of amides is 1. The van der Waals surface area contributed by atoms with Crippen LogP contribution in [0.15, 0.2) is 24.3 Å². The van der Waals surface area contributed by atoms with Crippen LogP contribution in [0.2, 0.25) is 0 Å². The van der Waals surface area contributed by atoms with E-state index in [2.05, 4.69) is 15.4 Å². The molecule has 0 saturated carbocycles. The van der Waals surface area contributed by atoms with Gasteiger partial charge in [-0.05, 0) is 31.2 Å². The van der Waals surface area contributed by atoms with Gasteiger partial charge in [-0.25, -0.2) is 4.79 Å². The highest BCUT2D eigenvalue weighted by Crippen LogP contribution is 2.14. The fourth-order valence-electron chi connectivity index (χ4n) is 1.13. The molecule has 0 saturated heterocycles. The van der Waals surface area contributed by atoms with Crippen molar-refractivity contribution in [1.82, 2.24) is 0 Å². The SMILES string of the molecule is COC(=O)Nc1ccc(NC(C)C(=O)O)cc1. The first-order valence-electron chi connectivity index (χ1n) is 4.97. The minimum atomic E-state index is -0.929. The number of carbonyl (C=O) groups excluding carboxylic acids is 1. The molecule has 17 heavy (non-hydrogen) atoms. The van der Waals surface area contributed by atoms with E-state index in [1.807, 2.05) is 0 Å². The number of rotatable bonds is 4. The van der Waals surface area contributed by atoms with Crippen molar-refractivity contribution in [3.63, 3.8) is 0 Å². The standard InChI is InChI=1S/C11H14N2O4/c1-7(10(14)15)12-8-3-5-9(6-4-8)13-11(16)17-2/h3-7,12H,1-2H3,(H,13,16)(H,14,15). The molecule has 6 heteroatoms. The number of anilines is 2. The smallest absolute Gasteiger partial charge is 0.411 e. The van der Waals surface area contributed by atoms with Gasteiger partial charge in [0.25, 0.3) is 0 Å². The second-order valence-electron chi connectivity index (χ2n) is 3.40. The van der Waals surface area contributed by atoms with Crippen LogP contribution in [-0.2, 0) is 9.53 Å². The van der Waals surface area contributed by atoms with Crippen molar-refractivity contribution in [2.45, 2.75) is 13.0 Å². The number of hydrogen-bond acceptors (Lipinski definition) is 4. The van der Waals surface area contributed by atoms with E-state index in [4.69, 9.17) is 5.11 Å². The molecule has 1 atom stereocenters. The van der Waals surface area contributed by atoms with Gasteiger partial charge in [-0.1, -0.05) is 0 Å². The number of methoxy groups -OCH3 is 1. The molecule has 1 unspecified atom stereocenters. The lowest BCUT2D eigenvalue weighted by atomic mass is 10.2. The molecule has 0 aliphatic heterocycles. The predicted molar refractivity (Wildman–Crippen MR) is 63.2 cm³/mol. The van der Waals surface area contributed by atoms with Crippen LogP contribution in [-0.4, -0.2) is 30.3 Å². The fourth-order valence-corrected chi connectivity index (χ4v) is 1.13. The quantitative estimate of drug-likeness (QED) is 0.743. The number of aliphatic carboxylic acids is 1. The molecule has 0 aliphatic rings. The maximum atomic E-state index is 10.9. The van der Waals surface area contributed by atoms with Crippen molar-refractivity contribution in [2.24, 2.45) is 0 Å². The van der Waals surface area contributed by atoms with Gasteiger partial charge in [0.1, 0.15) is 6.04 Å². The molecule has 6 nitrogen and oxygen atoms in total. The lowest BCUT2D eigenvalue weighted by Gasteiger charge is -2.11. The average molecular weight is 238 g/mol. The Morgan fingerprint density at radius 3 is 2.24 bits per heavy atom. The molecule has 3 N–H and O–H groups in total. The summed E-state index contributed by atoms with van der Waals surface area (Å²) in [6.45, 7) is 1.54. The minimum absolute atomic E-state index is 0.551. The first kappa shape index (κ1) is 12.8. The van der Waals surface area contributed by atoms with Gasteiger partial charge in [-0.2, -0.15) is 0 Å². The molecular weight excluding hydrogens is 224 g/mol. The van der Waals surface area contributed by atoms with E-state index in [1.165, 1.54) is 7.11 Å². The van der Waals surface area contributed by atoms with E-state index < -0.39 is 18.1 Å². The Hall–Kier alpha value is -2.24. The van der Waals surface area contributed by atoms with E-state index >= 15 is 0 Å². The lowest BCUT2D eigenvalue weighted by Crippen LogP contribution is -2.25. The predicted octanol–water partition coefficient (Wildman–Crippen LogP) is 1.75. The maximum Gasteiger partial charge on any atom is 0.411 e. The van der Waals surface area contributed by atoms with E-state index in [9.17, 15) is 9.59 Å². The molecule has 0 fully saturated rings. The van der Waals surface area contributed by atoms with E-state index in [0.29, 0.717) is 11.4 Å². The molecule has 0 spiro atoms. The van der Waals surface area contributed by atoms with Gasteiger partial charge >= 0.3 is 12.1 Å². The van der Waals surface area contributed by atoms with Gasteiger partial charge in [0.15, 0.2) is 0 Å². The number of ether oxygens (including phenoxy) is 1. The normalized spacial score (nSPS) is 11.4. The number of nitrogens with one attached hydrogen (secondary N) is 2. The van der Waals surface area contributed by atoms with Gasteiger partial charge in [0.2, 0.25) is 0 Å². The van der Waals surface area contributed by atoms with Crippen molar-refractivity contribution >= 4 is 23.4 Å². The summed E-state index contributed by atoms with van der Waals surface area (Å²) in [5.41, 5.74) is 1.24. The summed E-state index contributed by atoms with van der Waals surface area (Å²) in [7, 11) is 1.28. The van der Waals surface area contributed by atoms with Crippen LogP contribution in [0.25, 0.3) is 0 Å². The molecule has 0 radical (unpaired) electrons. The zero-order valence-corrected chi connectivity index (χ0v) is 9.56. The van der Waals surface area contributed by atoms with Gasteiger partial charge in [0.05, 0.1) is 7.11 Å². The van der Waals surface area contributed by atoms with Crippen LogP contribution in [0.3, 0.4) is 0 Å². The number of carboxylic acids is 1. The third-order valence-electron chi connectivity index (χ3n) is 2.07. The van der Waals surface area contributed by atoms with Crippen LogP contribution >= 0.6 is 0 Å². The zero-order valence-electron chi connectivity index (χ0n) is 9.56. The van der Waals surface area contributed by atoms with Crippen LogP contribution in [0.4, 0.5) is 16.2 Å². The fraction of sp³-hybridized carbons (Fsp3) is 0.273. The molecular formula is C11H14N2O4. The van der Waals surface area contributed by atoms with Crippen LogP contribution in [0, 0.1) is 0 Å². The number of carbonyl (C=O) groups is 2. The Morgan fingerprint density at radius 2 is 1.76 bits per heavy atom. The van der Waals surface area contributed by atoms with Crippen molar-refractivity contribution in [3.05, 3.63) is 24.3 Å². The lowest BCUT2D eigenvalue weighted by molar-refractivity contribution is -0.137. The molecule has 0 bridgehead atoms. The van der Waals surface area contributed by atoms with Gasteiger partial charge in [-0.15, -0.1) is 0 Å². The Morgan fingerprint density at radius 1 is 1.24 bits per heavy atom. The second kappa shape index (κ2) is 5.74. The first-order chi connectivity index (χ1) is 8.02. The van der Waals surface area contributed by atoms with Crippen LogP contribution in [0.5, 0.6) is 0 Å². The van der Waals surface area contributed by atoms with Gasteiger partial charge < -0.3 is 15.2 Å². The summed E-state index contributed by atoms with van der Waals surface area (Å²) in [5.74, 6) is -0.929. The van der Waals surface area contributed by atoms with Crippen molar-refractivity contribution < 1.29 is 19.4 Å². The molecule has 1 rings (SSSR count). The minimum Gasteiger partial charge on any atom is -0.480 e. The third-order valence-corrected chi connectivity index (χ3v) is 2.07. The first-order valence-corrected chi connectivity index (χ1v) is 4.97. The third kappa shape index (κ3) is 4.02. The average Bonchev–Trinajstić information content (AvgIpc) is 2.31. The Bertz CT molecular complexity index is 402. The molecule has 92 valence electrons. The molecule has 1 amide bonds. The Kier molecular flexibility index (Phi) is 4.33. The molecule has 0 aliphatic carbocycles. The highest BCUT2D eigenvalue weighted by atomic mass is 16.5. The van der Waals surface area contributed by atoms with E-state index in [1.54, 1.807) is 31.2 Å². The topological polar surface area (TPSA) is 87.7 Å². The van der Waals surface area contributed by atoms with Crippen molar-refractivity contribution in [3.8, 4) is 0 Å². The maximum absolute atomic E-state index is 10.9. The number of benzene rings is 1. The summed E-state index contributed by atoms with van der Waals surface area (Å²) in [6.07, 6.45) is -0.551. The summed E-state index contributed by atoms with van der Waals surface area (Å²) >= 11 is 0. The summed E-state index contributed by atoms with van der Waals surface area (Å²) in [6, 6.07) is 5.96. The number of carboxylic acid groups (broad SMARTS) is 1. The van der Waals surface area contributed by atoms with Crippen molar-refractivity contribution in [1.29, 1.82) is 0 Å². The van der Waals surface area contributed by atoms with E-state index in [-0.39, 0.29) is 0 Å². The summed E-state index contributed by atoms with van der Waals surface area (Å²) in [4.78, 5) is 21.5. The number of hydrogen-bond donors (Lipinski definition) is 3. The monoisotopic (exact) mass is 238 g/mol. The van der Waals surface area contributed by atoms with Crippen molar-refractivity contribution in [2.75, 3.05) is 17.7 Å². The zero-order chi connectivity index (χ0) is 12.8. The van der Waals surface area contributed by atoms with E-state index in [0.717, 1.165) is 0 Å². The van der Waals surface area contributed by atoms with Gasteiger partial charge in [-0.3, -0.25) is 10.1 Å². The van der Waals surface area contributed by atoms with Gasteiger partial charge in [0, 0.05) is 11.4 Å². The van der Waals surface area contributed by atoms with Crippen LogP contribution in [0.1, 0.15) is 6.92 Å². The summed E-state index contributed by atoms with van der Waals surface area (Å²) < 4.78 is 4.44. The summed E-state index contributed by atoms with van der Waals surface area (Å²) in [5, 5.41) is 14.0. The Labute approximate surface area is 98.6 Å². The molecule has 0 heterocycles.